The Morgan fingerprint density at radius 2 is 2.10 bits per heavy atom. The molecule has 20 heavy (non-hydrogen) atoms. The van der Waals surface area contributed by atoms with Crippen molar-refractivity contribution in [3.05, 3.63) is 21.5 Å². The summed E-state index contributed by atoms with van der Waals surface area (Å²) in [5.41, 5.74) is -0.659. The Morgan fingerprint density at radius 3 is 2.55 bits per heavy atom. The SMILES string of the molecule is CC[NH+](C)CC1=C([N+](=O)[O-])N=C(C(F)(F)F)C(C)CC1. The molecule has 0 aromatic carbocycles. The molecule has 0 aliphatic carbocycles. The predicted octanol–water partition coefficient (Wildman–Crippen LogP) is 1.44. The van der Waals surface area contributed by atoms with Gasteiger partial charge in [-0.3, -0.25) is 0 Å². The van der Waals surface area contributed by atoms with Crippen LogP contribution in [0.4, 0.5) is 13.2 Å². The summed E-state index contributed by atoms with van der Waals surface area (Å²) in [5.74, 6) is -1.46. The fraction of sp³-hybridized carbons (Fsp3) is 0.750. The second-order valence-electron chi connectivity index (χ2n) is 5.11. The maximum Gasteiger partial charge on any atom is 0.454 e. The summed E-state index contributed by atoms with van der Waals surface area (Å²) in [7, 11) is 1.84. The van der Waals surface area contributed by atoms with Gasteiger partial charge in [0.05, 0.1) is 19.2 Å². The van der Waals surface area contributed by atoms with Crippen LogP contribution < -0.4 is 4.90 Å². The number of nitro groups is 1. The van der Waals surface area contributed by atoms with E-state index in [1.807, 2.05) is 14.0 Å². The van der Waals surface area contributed by atoms with Crippen molar-refractivity contribution >= 4 is 5.71 Å². The molecule has 1 N–H and O–H groups in total. The van der Waals surface area contributed by atoms with Gasteiger partial charge in [-0.25, -0.2) is 0 Å². The van der Waals surface area contributed by atoms with Crippen LogP contribution in [-0.2, 0) is 0 Å². The molecule has 0 amide bonds. The Labute approximate surface area is 115 Å². The number of halogens is 3. The Morgan fingerprint density at radius 1 is 1.50 bits per heavy atom. The van der Waals surface area contributed by atoms with E-state index in [2.05, 4.69) is 4.99 Å². The summed E-state index contributed by atoms with van der Waals surface area (Å²) in [5, 5.41) is 11.0. The summed E-state index contributed by atoms with van der Waals surface area (Å²) in [6.45, 7) is 4.39. The zero-order chi connectivity index (χ0) is 15.5. The lowest BCUT2D eigenvalue weighted by Crippen LogP contribution is -3.08. The molecule has 0 aromatic heterocycles. The first-order chi connectivity index (χ1) is 9.16. The molecule has 0 aromatic rings. The van der Waals surface area contributed by atoms with Crippen LogP contribution in [0.15, 0.2) is 16.4 Å². The molecule has 0 saturated carbocycles. The van der Waals surface area contributed by atoms with Crippen LogP contribution in [-0.4, -0.2) is 36.9 Å². The molecule has 0 saturated heterocycles. The van der Waals surface area contributed by atoms with Crippen LogP contribution >= 0.6 is 0 Å². The summed E-state index contributed by atoms with van der Waals surface area (Å²) in [4.78, 5) is 14.6. The molecule has 0 spiro atoms. The average Bonchev–Trinajstić information content (AvgIpc) is 2.48. The summed E-state index contributed by atoms with van der Waals surface area (Å²) in [6, 6.07) is 0. The number of aliphatic imine (C=N–C) groups is 1. The molecule has 114 valence electrons. The molecule has 5 nitrogen and oxygen atoms in total. The lowest BCUT2D eigenvalue weighted by molar-refractivity contribution is -0.872. The average molecular weight is 294 g/mol. The number of quaternary nitrogens is 1. The molecule has 1 aliphatic heterocycles. The van der Waals surface area contributed by atoms with Crippen molar-refractivity contribution in [2.75, 3.05) is 20.1 Å². The van der Waals surface area contributed by atoms with Crippen LogP contribution in [0.2, 0.25) is 0 Å². The topological polar surface area (TPSA) is 59.9 Å². The molecule has 0 bridgehead atoms. The van der Waals surface area contributed by atoms with Gasteiger partial charge in [0.1, 0.15) is 6.54 Å². The largest absolute Gasteiger partial charge is 0.454 e. The van der Waals surface area contributed by atoms with Gasteiger partial charge in [-0.1, -0.05) is 6.92 Å². The van der Waals surface area contributed by atoms with Crippen LogP contribution in [0.25, 0.3) is 0 Å². The van der Waals surface area contributed by atoms with E-state index in [9.17, 15) is 23.3 Å². The second kappa shape index (κ2) is 6.34. The second-order valence-corrected chi connectivity index (χ2v) is 5.11. The van der Waals surface area contributed by atoms with Crippen molar-refractivity contribution in [3.63, 3.8) is 0 Å². The fourth-order valence-electron chi connectivity index (χ4n) is 2.11. The van der Waals surface area contributed by atoms with Crippen molar-refractivity contribution in [3.8, 4) is 0 Å². The van der Waals surface area contributed by atoms with Crippen molar-refractivity contribution < 1.29 is 23.0 Å². The maximum absolute atomic E-state index is 12.9. The first kappa shape index (κ1) is 16.6. The molecule has 0 fully saturated rings. The Bertz CT molecular complexity index is 444. The van der Waals surface area contributed by atoms with E-state index in [1.54, 1.807) is 0 Å². The van der Waals surface area contributed by atoms with Crippen molar-refractivity contribution in [1.82, 2.24) is 0 Å². The van der Waals surface area contributed by atoms with E-state index in [0.717, 1.165) is 11.4 Å². The number of likely N-dealkylation sites (N-methyl/N-ethyl adjacent to an activating group) is 1. The number of nitrogens with one attached hydrogen (secondary N) is 1. The molecular formula is C12H19F3N3O2+. The predicted molar refractivity (Wildman–Crippen MR) is 68.2 cm³/mol. The minimum Gasteiger partial charge on any atom is -0.358 e. The van der Waals surface area contributed by atoms with Crippen molar-refractivity contribution in [2.24, 2.45) is 10.9 Å². The summed E-state index contributed by atoms with van der Waals surface area (Å²) >= 11 is 0. The molecule has 2 atom stereocenters. The molecule has 2 unspecified atom stereocenters. The van der Waals surface area contributed by atoms with E-state index in [4.69, 9.17) is 0 Å². The highest BCUT2D eigenvalue weighted by molar-refractivity contribution is 5.92. The molecule has 1 heterocycles. The fourth-order valence-corrected chi connectivity index (χ4v) is 2.11. The maximum atomic E-state index is 12.9. The van der Waals surface area contributed by atoms with Crippen LogP contribution in [0.3, 0.4) is 0 Å². The minimum atomic E-state index is -4.63. The Hall–Kier alpha value is -1.44. The van der Waals surface area contributed by atoms with E-state index < -0.39 is 28.6 Å². The normalized spacial score (nSPS) is 22.3. The van der Waals surface area contributed by atoms with Gasteiger partial charge in [-0.15, -0.1) is 0 Å². The van der Waals surface area contributed by atoms with Crippen LogP contribution in [0.5, 0.6) is 0 Å². The number of rotatable bonds is 4. The minimum absolute atomic E-state index is 0.224. The van der Waals surface area contributed by atoms with Gasteiger partial charge in [0.15, 0.2) is 0 Å². The number of hydrogen-bond acceptors (Lipinski definition) is 3. The van der Waals surface area contributed by atoms with Gasteiger partial charge >= 0.3 is 12.0 Å². The highest BCUT2D eigenvalue weighted by atomic mass is 19.4. The zero-order valence-corrected chi connectivity index (χ0v) is 11.8. The summed E-state index contributed by atoms with van der Waals surface area (Å²) < 4.78 is 38.7. The van der Waals surface area contributed by atoms with Crippen LogP contribution in [0.1, 0.15) is 26.7 Å². The summed E-state index contributed by atoms with van der Waals surface area (Å²) in [6.07, 6.45) is -4.13. The Balaban J connectivity index is 3.24. The highest BCUT2D eigenvalue weighted by Crippen LogP contribution is 2.30. The van der Waals surface area contributed by atoms with Gasteiger partial charge in [0.2, 0.25) is 5.71 Å². The lowest BCUT2D eigenvalue weighted by Gasteiger charge is -2.13. The first-order valence-corrected chi connectivity index (χ1v) is 6.50. The quantitative estimate of drug-likeness (QED) is 0.630. The Kier molecular flexibility index (Phi) is 5.27. The lowest BCUT2D eigenvalue weighted by atomic mass is 9.97. The molecular weight excluding hydrogens is 275 g/mol. The van der Waals surface area contributed by atoms with Crippen molar-refractivity contribution in [2.45, 2.75) is 32.9 Å². The first-order valence-electron chi connectivity index (χ1n) is 6.50. The van der Waals surface area contributed by atoms with E-state index in [1.165, 1.54) is 6.92 Å². The van der Waals surface area contributed by atoms with Gasteiger partial charge in [0.25, 0.3) is 0 Å². The third kappa shape index (κ3) is 4.03. The van der Waals surface area contributed by atoms with Gasteiger partial charge < -0.3 is 15.0 Å². The molecule has 1 rings (SSSR count). The number of nitrogens with zero attached hydrogens (tertiary/aromatic N) is 2. The third-order valence-electron chi connectivity index (χ3n) is 3.47. The molecule has 0 radical (unpaired) electrons. The van der Waals surface area contributed by atoms with Crippen molar-refractivity contribution in [1.29, 1.82) is 0 Å². The van der Waals surface area contributed by atoms with E-state index >= 15 is 0 Å². The third-order valence-corrected chi connectivity index (χ3v) is 3.47. The standard InChI is InChI=1S/C12H18F3N3O2/c1-4-17(3)7-9-6-5-8(2)10(12(13,14)15)16-11(9)18(19)20/h8H,4-7H2,1-3H3/p+1. The number of alkyl halides is 3. The highest BCUT2D eigenvalue weighted by Gasteiger charge is 2.46. The van der Waals surface area contributed by atoms with E-state index in [0.29, 0.717) is 12.1 Å². The molecule has 8 heteroatoms. The van der Waals surface area contributed by atoms with E-state index in [-0.39, 0.29) is 12.8 Å². The number of hydrogen-bond donors (Lipinski definition) is 1. The van der Waals surface area contributed by atoms with Crippen LogP contribution in [0, 0.1) is 16.0 Å². The van der Waals surface area contributed by atoms with Gasteiger partial charge in [0, 0.05) is 5.92 Å². The zero-order valence-electron chi connectivity index (χ0n) is 11.8. The monoisotopic (exact) mass is 294 g/mol. The molecule has 1 aliphatic rings. The van der Waals surface area contributed by atoms with Gasteiger partial charge in [-0.2, -0.15) is 13.2 Å². The smallest absolute Gasteiger partial charge is 0.358 e. The van der Waals surface area contributed by atoms with Gasteiger partial charge in [-0.05, 0) is 29.7 Å².